The van der Waals surface area contributed by atoms with Crippen LogP contribution in [0, 0.1) is 0 Å². The van der Waals surface area contributed by atoms with Crippen LogP contribution in [0.15, 0.2) is 11.4 Å². The summed E-state index contributed by atoms with van der Waals surface area (Å²) in [5.74, 6) is 0.289. The molecule has 1 aromatic rings. The van der Waals surface area contributed by atoms with Crippen molar-refractivity contribution in [1.29, 1.82) is 0 Å². The van der Waals surface area contributed by atoms with E-state index in [0.717, 1.165) is 57.1 Å². The van der Waals surface area contributed by atoms with E-state index >= 15 is 0 Å². The summed E-state index contributed by atoms with van der Waals surface area (Å²) in [6.45, 7) is 6.19. The van der Waals surface area contributed by atoms with Gasteiger partial charge in [-0.05, 0) is 18.9 Å². The van der Waals surface area contributed by atoms with E-state index in [1.807, 2.05) is 16.3 Å². The Morgan fingerprint density at radius 3 is 2.82 bits per heavy atom. The van der Waals surface area contributed by atoms with Crippen LogP contribution in [0.4, 0.5) is 0 Å². The average molecular weight is 364 g/mol. The lowest BCUT2D eigenvalue weighted by molar-refractivity contribution is -0.130. The third-order valence-electron chi connectivity index (χ3n) is 4.39. The quantitative estimate of drug-likeness (QED) is 0.890. The van der Waals surface area contributed by atoms with Gasteiger partial charge in [0.15, 0.2) is 0 Å². The van der Waals surface area contributed by atoms with E-state index in [9.17, 15) is 4.79 Å². The van der Waals surface area contributed by atoms with Crippen LogP contribution in [-0.4, -0.2) is 61.0 Å². The van der Waals surface area contributed by atoms with Gasteiger partial charge in [-0.2, -0.15) is 0 Å². The molecular formula is C15H23Cl2N3OS. The fraction of sp³-hybridized carbons (Fsp3) is 0.667. The molecule has 0 spiro atoms. The Bertz CT molecular complexity index is 491. The van der Waals surface area contributed by atoms with Gasteiger partial charge in [0.2, 0.25) is 5.91 Å². The van der Waals surface area contributed by atoms with Crippen molar-refractivity contribution >= 4 is 41.3 Å². The minimum absolute atomic E-state index is 0. The third kappa shape index (κ3) is 4.59. The van der Waals surface area contributed by atoms with Gasteiger partial charge in [-0.15, -0.1) is 23.7 Å². The van der Waals surface area contributed by atoms with Gasteiger partial charge in [0.1, 0.15) is 0 Å². The Balaban J connectivity index is 0.00000176. The molecule has 3 rings (SSSR count). The number of nitrogens with zero attached hydrogens (tertiary/aromatic N) is 2. The van der Waals surface area contributed by atoms with Gasteiger partial charge in [0, 0.05) is 62.0 Å². The summed E-state index contributed by atoms with van der Waals surface area (Å²) >= 11 is 7.55. The molecule has 4 nitrogen and oxygen atoms in total. The zero-order valence-electron chi connectivity index (χ0n) is 12.6. The Morgan fingerprint density at radius 2 is 2.14 bits per heavy atom. The monoisotopic (exact) mass is 363 g/mol. The number of carbonyl (C=O) groups is 1. The molecule has 7 heteroatoms. The van der Waals surface area contributed by atoms with Gasteiger partial charge in [-0.25, -0.2) is 0 Å². The first-order chi connectivity index (χ1) is 10.2. The normalized spacial score (nSPS) is 22.6. The molecule has 1 atom stereocenters. The molecule has 1 N–H and O–H groups in total. The number of rotatable bonds is 4. The first kappa shape index (κ1) is 18.0. The first-order valence-electron chi connectivity index (χ1n) is 7.68. The number of halogens is 2. The molecule has 0 radical (unpaired) electrons. The van der Waals surface area contributed by atoms with Crippen LogP contribution in [0.1, 0.15) is 17.7 Å². The van der Waals surface area contributed by atoms with E-state index in [-0.39, 0.29) is 18.3 Å². The van der Waals surface area contributed by atoms with Crippen molar-refractivity contribution in [3.05, 3.63) is 21.3 Å². The van der Waals surface area contributed by atoms with Crippen LogP contribution in [0.3, 0.4) is 0 Å². The summed E-state index contributed by atoms with van der Waals surface area (Å²) in [4.78, 5) is 18.1. The molecule has 2 aliphatic heterocycles. The fourth-order valence-corrected chi connectivity index (χ4v) is 4.26. The number of carbonyl (C=O) groups excluding carboxylic acids is 1. The van der Waals surface area contributed by atoms with Crippen molar-refractivity contribution in [3.8, 4) is 0 Å². The summed E-state index contributed by atoms with van der Waals surface area (Å²) in [5, 5.41) is 6.09. The summed E-state index contributed by atoms with van der Waals surface area (Å²) in [5.41, 5.74) is 0. The highest BCUT2D eigenvalue weighted by Gasteiger charge is 2.30. The Hall–Kier alpha value is -0.330. The van der Waals surface area contributed by atoms with Crippen LogP contribution in [0.2, 0.25) is 5.02 Å². The second-order valence-corrected chi connectivity index (χ2v) is 7.23. The van der Waals surface area contributed by atoms with Gasteiger partial charge >= 0.3 is 0 Å². The minimum atomic E-state index is 0. The Labute approximate surface area is 147 Å². The average Bonchev–Trinajstić information content (AvgIpc) is 3.15. The lowest BCUT2D eigenvalue weighted by Gasteiger charge is -2.32. The number of nitrogens with one attached hydrogen (secondary N) is 1. The molecule has 22 heavy (non-hydrogen) atoms. The van der Waals surface area contributed by atoms with Crippen LogP contribution < -0.4 is 5.32 Å². The lowest BCUT2D eigenvalue weighted by atomic mass is 10.2. The Kier molecular flexibility index (Phi) is 6.96. The van der Waals surface area contributed by atoms with E-state index in [0.29, 0.717) is 12.5 Å². The van der Waals surface area contributed by atoms with Crippen molar-refractivity contribution in [2.24, 2.45) is 0 Å². The lowest BCUT2D eigenvalue weighted by Crippen LogP contribution is -2.49. The van der Waals surface area contributed by atoms with Gasteiger partial charge in [-0.3, -0.25) is 9.69 Å². The molecule has 2 aliphatic rings. The maximum atomic E-state index is 12.3. The van der Waals surface area contributed by atoms with E-state index in [4.69, 9.17) is 11.6 Å². The summed E-state index contributed by atoms with van der Waals surface area (Å²) in [7, 11) is 0. The molecule has 2 saturated heterocycles. The predicted molar refractivity (Wildman–Crippen MR) is 94.3 cm³/mol. The summed E-state index contributed by atoms with van der Waals surface area (Å²) in [6.07, 6.45) is 2.53. The van der Waals surface area contributed by atoms with Crippen molar-refractivity contribution < 1.29 is 4.79 Å². The standard InChI is InChI=1S/C15H22ClN3OS.ClH/c16-12-9-14(21-11-12)1-2-15(20)19-6-3-13(10-19)18-7-4-17-5-8-18;/h9,11,13,17H,1-8,10H2;1H. The molecule has 124 valence electrons. The number of amides is 1. The van der Waals surface area contributed by atoms with E-state index in [2.05, 4.69) is 10.2 Å². The third-order valence-corrected chi connectivity index (χ3v) is 5.74. The molecule has 3 heterocycles. The number of thiophene rings is 1. The highest BCUT2D eigenvalue weighted by Crippen LogP contribution is 2.22. The topological polar surface area (TPSA) is 35.6 Å². The number of hydrogen-bond donors (Lipinski definition) is 1. The summed E-state index contributed by atoms with van der Waals surface area (Å²) < 4.78 is 0. The Morgan fingerprint density at radius 1 is 1.36 bits per heavy atom. The maximum Gasteiger partial charge on any atom is 0.222 e. The van der Waals surface area contributed by atoms with Gasteiger partial charge in [0.05, 0.1) is 5.02 Å². The van der Waals surface area contributed by atoms with Crippen LogP contribution >= 0.6 is 35.3 Å². The molecule has 1 amide bonds. The van der Waals surface area contributed by atoms with E-state index in [1.54, 1.807) is 11.3 Å². The molecule has 0 aliphatic carbocycles. The largest absolute Gasteiger partial charge is 0.341 e. The predicted octanol–water partition coefficient (Wildman–Crippen LogP) is 2.26. The smallest absolute Gasteiger partial charge is 0.222 e. The fourth-order valence-electron chi connectivity index (χ4n) is 3.19. The second kappa shape index (κ2) is 8.50. The van der Waals surface area contributed by atoms with Crippen molar-refractivity contribution in [2.45, 2.75) is 25.3 Å². The molecule has 2 fully saturated rings. The van der Waals surface area contributed by atoms with Gasteiger partial charge in [0.25, 0.3) is 0 Å². The molecule has 0 saturated carbocycles. The van der Waals surface area contributed by atoms with Gasteiger partial charge in [-0.1, -0.05) is 11.6 Å². The number of piperazine rings is 1. The molecule has 0 bridgehead atoms. The number of likely N-dealkylation sites (tertiary alicyclic amines) is 1. The van der Waals surface area contributed by atoms with Crippen LogP contribution in [0.5, 0.6) is 0 Å². The second-order valence-electron chi connectivity index (χ2n) is 5.80. The first-order valence-corrected chi connectivity index (χ1v) is 8.93. The summed E-state index contributed by atoms with van der Waals surface area (Å²) in [6, 6.07) is 2.53. The van der Waals surface area contributed by atoms with Crippen LogP contribution in [-0.2, 0) is 11.2 Å². The SMILES string of the molecule is Cl.O=C(CCc1cc(Cl)cs1)N1CCC(N2CCNCC2)C1. The van der Waals surface area contributed by atoms with E-state index < -0.39 is 0 Å². The van der Waals surface area contributed by atoms with Crippen molar-refractivity contribution in [1.82, 2.24) is 15.1 Å². The minimum Gasteiger partial charge on any atom is -0.341 e. The highest BCUT2D eigenvalue weighted by atomic mass is 35.5. The highest BCUT2D eigenvalue weighted by molar-refractivity contribution is 7.10. The maximum absolute atomic E-state index is 12.3. The van der Waals surface area contributed by atoms with E-state index in [1.165, 1.54) is 4.88 Å². The zero-order chi connectivity index (χ0) is 14.7. The van der Waals surface area contributed by atoms with Crippen molar-refractivity contribution in [2.75, 3.05) is 39.3 Å². The van der Waals surface area contributed by atoms with Crippen molar-refractivity contribution in [3.63, 3.8) is 0 Å². The van der Waals surface area contributed by atoms with Gasteiger partial charge < -0.3 is 10.2 Å². The number of aryl methyl sites for hydroxylation is 1. The number of hydrogen-bond acceptors (Lipinski definition) is 4. The molecule has 1 aromatic heterocycles. The molecule has 0 aromatic carbocycles. The molecule has 1 unspecified atom stereocenters. The molecular weight excluding hydrogens is 341 g/mol. The van der Waals surface area contributed by atoms with Crippen LogP contribution in [0.25, 0.3) is 0 Å². The zero-order valence-corrected chi connectivity index (χ0v) is 15.0.